The van der Waals surface area contributed by atoms with E-state index in [4.69, 9.17) is 0 Å². The summed E-state index contributed by atoms with van der Waals surface area (Å²) in [5.74, 6) is 0.948. The summed E-state index contributed by atoms with van der Waals surface area (Å²) in [7, 11) is 0. The standard InChI is InChI=1S/C21H29N3O2/c25-20(24-13-11-15-6-2-4-9-19(15)24)10-5-12-22-21(26)18-14-16-7-1-3-8-17(16)23-18/h2,4,6,9,16-18,23H,1,3,5,7-8,10-14H2,(H,22,26). The summed E-state index contributed by atoms with van der Waals surface area (Å²) in [4.78, 5) is 26.8. The predicted octanol–water partition coefficient (Wildman–Crippen LogP) is 2.39. The lowest BCUT2D eigenvalue weighted by Crippen LogP contribution is -2.43. The Morgan fingerprint density at radius 1 is 1.19 bits per heavy atom. The van der Waals surface area contributed by atoms with Gasteiger partial charge in [0, 0.05) is 31.2 Å². The molecule has 1 aromatic rings. The quantitative estimate of drug-likeness (QED) is 0.798. The molecule has 5 heteroatoms. The Morgan fingerprint density at radius 3 is 2.92 bits per heavy atom. The molecule has 3 unspecified atom stereocenters. The molecule has 1 aliphatic carbocycles. The van der Waals surface area contributed by atoms with E-state index in [1.54, 1.807) is 0 Å². The van der Waals surface area contributed by atoms with Gasteiger partial charge in [-0.3, -0.25) is 9.59 Å². The van der Waals surface area contributed by atoms with Crippen LogP contribution in [0.3, 0.4) is 0 Å². The van der Waals surface area contributed by atoms with Gasteiger partial charge in [0.1, 0.15) is 0 Å². The Balaban J connectivity index is 1.19. The highest BCUT2D eigenvalue weighted by molar-refractivity contribution is 5.95. The Bertz CT molecular complexity index is 661. The molecule has 2 fully saturated rings. The third-order valence-electron chi connectivity index (χ3n) is 6.23. The Morgan fingerprint density at radius 2 is 2.04 bits per heavy atom. The molecule has 4 rings (SSSR count). The zero-order chi connectivity index (χ0) is 17.9. The highest BCUT2D eigenvalue weighted by atomic mass is 16.2. The lowest BCUT2D eigenvalue weighted by molar-refractivity contribution is -0.123. The van der Waals surface area contributed by atoms with E-state index in [0.29, 0.717) is 31.3 Å². The molecular weight excluding hydrogens is 326 g/mol. The van der Waals surface area contributed by atoms with Crippen LogP contribution in [0.25, 0.3) is 0 Å². The van der Waals surface area contributed by atoms with Crippen molar-refractivity contribution >= 4 is 17.5 Å². The van der Waals surface area contributed by atoms with E-state index in [1.807, 2.05) is 23.1 Å². The molecule has 26 heavy (non-hydrogen) atoms. The van der Waals surface area contributed by atoms with Crippen LogP contribution in [-0.2, 0) is 16.0 Å². The summed E-state index contributed by atoms with van der Waals surface area (Å²) in [5, 5.41) is 6.54. The van der Waals surface area contributed by atoms with Crippen molar-refractivity contribution in [3.05, 3.63) is 29.8 Å². The van der Waals surface area contributed by atoms with Crippen LogP contribution in [0, 0.1) is 5.92 Å². The number of hydrogen-bond donors (Lipinski definition) is 2. The number of hydrogen-bond acceptors (Lipinski definition) is 3. The van der Waals surface area contributed by atoms with Gasteiger partial charge in [-0.25, -0.2) is 0 Å². The van der Waals surface area contributed by atoms with Gasteiger partial charge in [-0.2, -0.15) is 0 Å². The van der Waals surface area contributed by atoms with E-state index in [9.17, 15) is 9.59 Å². The van der Waals surface area contributed by atoms with E-state index < -0.39 is 0 Å². The summed E-state index contributed by atoms with van der Waals surface area (Å²) < 4.78 is 0. The van der Waals surface area contributed by atoms with E-state index in [-0.39, 0.29) is 17.9 Å². The summed E-state index contributed by atoms with van der Waals surface area (Å²) >= 11 is 0. The number of para-hydroxylation sites is 1. The summed E-state index contributed by atoms with van der Waals surface area (Å²) in [6, 6.07) is 8.62. The van der Waals surface area contributed by atoms with Gasteiger partial charge in [0.15, 0.2) is 0 Å². The van der Waals surface area contributed by atoms with Crippen LogP contribution in [0.5, 0.6) is 0 Å². The average Bonchev–Trinajstić information content (AvgIpc) is 3.29. The minimum atomic E-state index is -0.0377. The molecule has 1 saturated carbocycles. The number of fused-ring (bicyclic) bond motifs is 2. The molecule has 5 nitrogen and oxygen atoms in total. The van der Waals surface area contributed by atoms with Gasteiger partial charge in [0.25, 0.3) is 0 Å². The Hall–Kier alpha value is -1.88. The first-order valence-electron chi connectivity index (χ1n) is 10.1. The van der Waals surface area contributed by atoms with Crippen molar-refractivity contribution in [1.82, 2.24) is 10.6 Å². The third-order valence-corrected chi connectivity index (χ3v) is 6.23. The fourth-order valence-electron chi connectivity index (χ4n) is 4.83. The molecule has 0 radical (unpaired) electrons. The molecule has 0 aromatic heterocycles. The van der Waals surface area contributed by atoms with Crippen LogP contribution in [0.4, 0.5) is 5.69 Å². The van der Waals surface area contributed by atoms with Crippen molar-refractivity contribution in [3.8, 4) is 0 Å². The van der Waals surface area contributed by atoms with Gasteiger partial charge >= 0.3 is 0 Å². The van der Waals surface area contributed by atoms with Crippen molar-refractivity contribution < 1.29 is 9.59 Å². The van der Waals surface area contributed by atoms with Crippen molar-refractivity contribution in [3.63, 3.8) is 0 Å². The van der Waals surface area contributed by atoms with Crippen molar-refractivity contribution in [1.29, 1.82) is 0 Å². The number of nitrogens with one attached hydrogen (secondary N) is 2. The van der Waals surface area contributed by atoms with E-state index >= 15 is 0 Å². The number of amides is 2. The molecule has 2 aliphatic heterocycles. The topological polar surface area (TPSA) is 61.4 Å². The average molecular weight is 355 g/mol. The largest absolute Gasteiger partial charge is 0.355 e. The third kappa shape index (κ3) is 3.63. The number of carbonyl (C=O) groups is 2. The Labute approximate surface area is 155 Å². The highest BCUT2D eigenvalue weighted by Gasteiger charge is 2.38. The molecule has 1 aromatic carbocycles. The maximum Gasteiger partial charge on any atom is 0.237 e. The van der Waals surface area contributed by atoms with Gasteiger partial charge < -0.3 is 15.5 Å². The second-order valence-electron chi connectivity index (χ2n) is 7.92. The van der Waals surface area contributed by atoms with E-state index in [0.717, 1.165) is 25.1 Å². The van der Waals surface area contributed by atoms with Gasteiger partial charge in [0.05, 0.1) is 6.04 Å². The zero-order valence-electron chi connectivity index (χ0n) is 15.4. The molecule has 0 spiro atoms. The summed E-state index contributed by atoms with van der Waals surface area (Å²) in [5.41, 5.74) is 2.31. The first-order chi connectivity index (χ1) is 12.7. The fourth-order valence-corrected chi connectivity index (χ4v) is 4.83. The zero-order valence-corrected chi connectivity index (χ0v) is 15.4. The van der Waals surface area contributed by atoms with Crippen LogP contribution < -0.4 is 15.5 Å². The molecule has 1 saturated heterocycles. The maximum atomic E-state index is 12.5. The van der Waals surface area contributed by atoms with Crippen LogP contribution in [0.1, 0.15) is 50.5 Å². The van der Waals surface area contributed by atoms with Crippen LogP contribution in [0.15, 0.2) is 24.3 Å². The maximum absolute atomic E-state index is 12.5. The van der Waals surface area contributed by atoms with Gasteiger partial charge in [-0.1, -0.05) is 31.0 Å². The lowest BCUT2D eigenvalue weighted by atomic mass is 9.85. The number of nitrogens with zero attached hydrogens (tertiary/aromatic N) is 1. The second kappa shape index (κ2) is 7.78. The molecule has 2 N–H and O–H groups in total. The van der Waals surface area contributed by atoms with Crippen molar-refractivity contribution in [2.75, 3.05) is 18.0 Å². The predicted molar refractivity (Wildman–Crippen MR) is 102 cm³/mol. The van der Waals surface area contributed by atoms with Gasteiger partial charge in [-0.15, -0.1) is 0 Å². The lowest BCUT2D eigenvalue weighted by Gasteiger charge is -2.24. The monoisotopic (exact) mass is 355 g/mol. The Kier molecular flexibility index (Phi) is 5.25. The molecule has 0 bridgehead atoms. The van der Waals surface area contributed by atoms with Crippen molar-refractivity contribution in [2.24, 2.45) is 5.92 Å². The minimum Gasteiger partial charge on any atom is -0.355 e. The number of anilines is 1. The normalized spacial score (nSPS) is 27.1. The first-order valence-corrected chi connectivity index (χ1v) is 10.1. The summed E-state index contributed by atoms with van der Waals surface area (Å²) in [6.07, 6.45) is 8.14. The highest BCUT2D eigenvalue weighted by Crippen LogP contribution is 2.33. The molecule has 2 amide bonds. The van der Waals surface area contributed by atoms with Crippen LogP contribution in [0.2, 0.25) is 0 Å². The number of rotatable bonds is 5. The molecular formula is C21H29N3O2. The molecule has 140 valence electrons. The fraction of sp³-hybridized carbons (Fsp3) is 0.619. The van der Waals surface area contributed by atoms with Crippen LogP contribution in [-0.4, -0.2) is 37.0 Å². The van der Waals surface area contributed by atoms with E-state index in [1.165, 1.54) is 31.2 Å². The van der Waals surface area contributed by atoms with Gasteiger partial charge in [-0.05, 0) is 49.7 Å². The summed E-state index contributed by atoms with van der Waals surface area (Å²) in [6.45, 7) is 1.35. The first kappa shape index (κ1) is 17.5. The molecule has 2 heterocycles. The molecule has 3 aliphatic rings. The SMILES string of the molecule is O=C(NCCCC(=O)N1CCc2ccccc21)C1CC2CCCCC2N1. The second-order valence-corrected chi connectivity index (χ2v) is 7.92. The van der Waals surface area contributed by atoms with E-state index in [2.05, 4.69) is 16.7 Å². The minimum absolute atomic E-state index is 0.0377. The number of carbonyl (C=O) groups excluding carboxylic acids is 2. The smallest absolute Gasteiger partial charge is 0.237 e. The van der Waals surface area contributed by atoms with Crippen molar-refractivity contribution in [2.45, 2.75) is 63.5 Å². The van der Waals surface area contributed by atoms with Crippen LogP contribution >= 0.6 is 0 Å². The van der Waals surface area contributed by atoms with Gasteiger partial charge in [0.2, 0.25) is 11.8 Å². The molecule has 3 atom stereocenters. The number of benzene rings is 1.